The zero-order valence-electron chi connectivity index (χ0n) is 11.4. The topological polar surface area (TPSA) is 45.2 Å². The van der Waals surface area contributed by atoms with E-state index in [2.05, 4.69) is 24.1 Å². The minimum absolute atomic E-state index is 0.0452. The van der Waals surface area contributed by atoms with Crippen molar-refractivity contribution < 1.29 is 4.79 Å². The van der Waals surface area contributed by atoms with Gasteiger partial charge < -0.3 is 10.2 Å². The number of carbonyl (C=O) groups is 1. The molecular weight excluding hydrogens is 226 g/mol. The van der Waals surface area contributed by atoms with Crippen molar-refractivity contribution in [2.75, 3.05) is 18.4 Å². The number of rotatable bonds is 3. The highest BCUT2D eigenvalue weighted by Gasteiger charge is 2.36. The lowest BCUT2D eigenvalue weighted by Crippen LogP contribution is -2.42. The van der Waals surface area contributed by atoms with Crippen molar-refractivity contribution in [1.82, 2.24) is 9.88 Å². The SMILES string of the molecule is CCNc1ncccc1C(=O)N1CCCC1(C)C. The van der Waals surface area contributed by atoms with Crippen LogP contribution in [0.4, 0.5) is 5.82 Å². The normalized spacial score (nSPS) is 17.8. The third-order valence-corrected chi connectivity index (χ3v) is 3.53. The maximum Gasteiger partial charge on any atom is 0.258 e. The largest absolute Gasteiger partial charge is 0.370 e. The molecule has 0 bridgehead atoms. The Morgan fingerprint density at radius 3 is 2.94 bits per heavy atom. The molecule has 1 aliphatic rings. The van der Waals surface area contributed by atoms with Crippen molar-refractivity contribution >= 4 is 11.7 Å². The summed E-state index contributed by atoms with van der Waals surface area (Å²) in [4.78, 5) is 18.8. The van der Waals surface area contributed by atoms with Crippen LogP contribution in [0.2, 0.25) is 0 Å². The zero-order chi connectivity index (χ0) is 13.2. The van der Waals surface area contributed by atoms with Gasteiger partial charge in [0, 0.05) is 24.8 Å². The highest BCUT2D eigenvalue weighted by Crippen LogP contribution is 2.30. The Balaban J connectivity index is 2.28. The molecule has 18 heavy (non-hydrogen) atoms. The molecule has 0 unspecified atom stereocenters. The third kappa shape index (κ3) is 2.33. The van der Waals surface area contributed by atoms with Crippen LogP contribution in [0, 0.1) is 0 Å². The van der Waals surface area contributed by atoms with Gasteiger partial charge in [-0.3, -0.25) is 4.79 Å². The Labute approximate surface area is 108 Å². The molecule has 1 aromatic rings. The van der Waals surface area contributed by atoms with Gasteiger partial charge in [-0.2, -0.15) is 0 Å². The molecule has 1 aromatic heterocycles. The van der Waals surface area contributed by atoms with Gasteiger partial charge in [0.15, 0.2) is 0 Å². The van der Waals surface area contributed by atoms with E-state index in [9.17, 15) is 4.79 Å². The Morgan fingerprint density at radius 2 is 2.33 bits per heavy atom. The van der Waals surface area contributed by atoms with Gasteiger partial charge >= 0.3 is 0 Å². The third-order valence-electron chi connectivity index (χ3n) is 3.53. The van der Waals surface area contributed by atoms with E-state index in [-0.39, 0.29) is 11.4 Å². The second-order valence-electron chi connectivity index (χ2n) is 5.30. The van der Waals surface area contributed by atoms with Crippen LogP contribution < -0.4 is 5.32 Å². The average Bonchev–Trinajstić information content (AvgIpc) is 2.69. The molecule has 0 spiro atoms. The molecule has 0 atom stereocenters. The van der Waals surface area contributed by atoms with Crippen molar-refractivity contribution in [2.45, 2.75) is 39.2 Å². The van der Waals surface area contributed by atoms with E-state index >= 15 is 0 Å². The van der Waals surface area contributed by atoms with Gasteiger partial charge in [-0.15, -0.1) is 0 Å². The monoisotopic (exact) mass is 247 g/mol. The van der Waals surface area contributed by atoms with Gasteiger partial charge in [-0.1, -0.05) is 0 Å². The Kier molecular flexibility index (Phi) is 3.55. The predicted octanol–water partition coefficient (Wildman–Crippen LogP) is 2.53. The predicted molar refractivity (Wildman–Crippen MR) is 72.8 cm³/mol. The lowest BCUT2D eigenvalue weighted by atomic mass is 10.0. The summed E-state index contributed by atoms with van der Waals surface area (Å²) in [6, 6.07) is 3.67. The fourth-order valence-corrected chi connectivity index (χ4v) is 2.52. The summed E-state index contributed by atoms with van der Waals surface area (Å²) >= 11 is 0. The van der Waals surface area contributed by atoms with E-state index < -0.39 is 0 Å². The first-order valence-corrected chi connectivity index (χ1v) is 6.57. The first kappa shape index (κ1) is 12.9. The molecular formula is C14H21N3O. The maximum atomic E-state index is 12.6. The number of likely N-dealkylation sites (tertiary alicyclic amines) is 1. The summed E-state index contributed by atoms with van der Waals surface area (Å²) in [7, 11) is 0. The van der Waals surface area contributed by atoms with Crippen molar-refractivity contribution in [3.8, 4) is 0 Å². The average molecular weight is 247 g/mol. The van der Waals surface area contributed by atoms with Gasteiger partial charge in [-0.25, -0.2) is 4.98 Å². The maximum absolute atomic E-state index is 12.6. The molecule has 1 N–H and O–H groups in total. The molecule has 2 heterocycles. The van der Waals surface area contributed by atoms with Gasteiger partial charge in [0.05, 0.1) is 5.56 Å². The summed E-state index contributed by atoms with van der Waals surface area (Å²) in [6.07, 6.45) is 3.86. The highest BCUT2D eigenvalue weighted by molar-refractivity contribution is 5.99. The number of nitrogens with zero attached hydrogens (tertiary/aromatic N) is 2. The minimum Gasteiger partial charge on any atom is -0.370 e. The van der Waals surface area contributed by atoms with Crippen LogP contribution in [0.25, 0.3) is 0 Å². The molecule has 0 saturated carbocycles. The summed E-state index contributed by atoms with van der Waals surface area (Å²) < 4.78 is 0. The number of carbonyl (C=O) groups excluding carboxylic acids is 1. The first-order valence-electron chi connectivity index (χ1n) is 6.57. The second-order valence-corrected chi connectivity index (χ2v) is 5.30. The Hall–Kier alpha value is -1.58. The molecule has 1 saturated heterocycles. The van der Waals surface area contributed by atoms with Crippen LogP contribution in [-0.4, -0.2) is 34.4 Å². The second kappa shape index (κ2) is 4.96. The minimum atomic E-state index is -0.0452. The number of nitrogens with one attached hydrogen (secondary N) is 1. The quantitative estimate of drug-likeness (QED) is 0.892. The Bertz CT molecular complexity index is 442. The van der Waals surface area contributed by atoms with Gasteiger partial charge in [0.1, 0.15) is 5.82 Å². The van der Waals surface area contributed by atoms with Crippen LogP contribution in [-0.2, 0) is 0 Å². The van der Waals surface area contributed by atoms with Crippen LogP contribution in [0.3, 0.4) is 0 Å². The van der Waals surface area contributed by atoms with E-state index in [1.807, 2.05) is 24.0 Å². The molecule has 0 aromatic carbocycles. The van der Waals surface area contributed by atoms with Gasteiger partial charge in [-0.05, 0) is 45.7 Å². The number of hydrogen-bond donors (Lipinski definition) is 1. The van der Waals surface area contributed by atoms with Gasteiger partial charge in [0.2, 0.25) is 0 Å². The number of anilines is 1. The van der Waals surface area contributed by atoms with Crippen molar-refractivity contribution in [3.05, 3.63) is 23.9 Å². The number of aromatic nitrogens is 1. The van der Waals surface area contributed by atoms with Crippen molar-refractivity contribution in [1.29, 1.82) is 0 Å². The van der Waals surface area contributed by atoms with Crippen LogP contribution in [0.15, 0.2) is 18.3 Å². The van der Waals surface area contributed by atoms with Crippen LogP contribution >= 0.6 is 0 Å². The Morgan fingerprint density at radius 1 is 1.56 bits per heavy atom. The lowest BCUT2D eigenvalue weighted by Gasteiger charge is -2.32. The van der Waals surface area contributed by atoms with Crippen LogP contribution in [0.5, 0.6) is 0 Å². The molecule has 98 valence electrons. The summed E-state index contributed by atoms with van der Waals surface area (Å²) in [5.74, 6) is 0.772. The van der Waals surface area contributed by atoms with E-state index in [0.29, 0.717) is 11.4 Å². The summed E-state index contributed by atoms with van der Waals surface area (Å²) in [5.41, 5.74) is 0.630. The molecule has 0 radical (unpaired) electrons. The molecule has 2 rings (SSSR count). The van der Waals surface area contributed by atoms with Crippen LogP contribution in [0.1, 0.15) is 44.0 Å². The van der Waals surface area contributed by atoms with E-state index in [4.69, 9.17) is 0 Å². The molecule has 4 nitrogen and oxygen atoms in total. The number of hydrogen-bond acceptors (Lipinski definition) is 3. The lowest BCUT2D eigenvalue weighted by molar-refractivity contribution is 0.0652. The standard InChI is InChI=1S/C14H21N3O/c1-4-15-12-11(7-5-9-16-12)13(18)17-10-6-8-14(17,2)3/h5,7,9H,4,6,8,10H2,1-3H3,(H,15,16). The van der Waals surface area contributed by atoms with E-state index in [1.54, 1.807) is 6.20 Å². The fourth-order valence-electron chi connectivity index (χ4n) is 2.52. The zero-order valence-corrected chi connectivity index (χ0v) is 11.4. The molecule has 0 aliphatic carbocycles. The molecule has 1 fully saturated rings. The fraction of sp³-hybridized carbons (Fsp3) is 0.571. The highest BCUT2D eigenvalue weighted by atomic mass is 16.2. The number of pyridine rings is 1. The smallest absolute Gasteiger partial charge is 0.258 e. The molecule has 1 amide bonds. The van der Waals surface area contributed by atoms with Gasteiger partial charge in [0.25, 0.3) is 5.91 Å². The number of amides is 1. The summed E-state index contributed by atoms with van der Waals surface area (Å²) in [5, 5.41) is 3.15. The first-order chi connectivity index (χ1) is 8.56. The summed E-state index contributed by atoms with van der Waals surface area (Å²) in [6.45, 7) is 7.86. The van der Waals surface area contributed by atoms with Crippen molar-refractivity contribution in [2.24, 2.45) is 0 Å². The molecule has 1 aliphatic heterocycles. The molecule has 4 heteroatoms. The van der Waals surface area contributed by atoms with E-state index in [0.717, 1.165) is 25.9 Å². The van der Waals surface area contributed by atoms with Crippen molar-refractivity contribution in [3.63, 3.8) is 0 Å². The van der Waals surface area contributed by atoms with E-state index in [1.165, 1.54) is 0 Å².